The molecule has 1 heterocycles. The Morgan fingerprint density at radius 1 is 1.41 bits per heavy atom. The third kappa shape index (κ3) is 3.53. The molecule has 2 amide bonds. The topological polar surface area (TPSA) is 49.4 Å². The van der Waals surface area contributed by atoms with Crippen LogP contribution >= 0.6 is 0 Å². The first-order valence-electron chi connectivity index (χ1n) is 6.55. The molecule has 4 heteroatoms. The molecule has 1 fully saturated rings. The zero-order chi connectivity index (χ0) is 13.0. The molecule has 1 rings (SSSR count). The van der Waals surface area contributed by atoms with Gasteiger partial charge in [-0.15, -0.1) is 0 Å². The monoisotopic (exact) mass is 240 g/mol. The zero-order valence-corrected chi connectivity index (χ0v) is 11.3. The highest BCUT2D eigenvalue weighted by Gasteiger charge is 2.36. The summed E-state index contributed by atoms with van der Waals surface area (Å²) in [7, 11) is 0. The minimum atomic E-state index is -0.138. The molecule has 1 saturated heterocycles. The van der Waals surface area contributed by atoms with Crippen LogP contribution in [-0.4, -0.2) is 35.8 Å². The molecule has 1 aliphatic heterocycles. The maximum Gasteiger partial charge on any atom is 0.232 e. The fourth-order valence-corrected chi connectivity index (χ4v) is 2.08. The van der Waals surface area contributed by atoms with Gasteiger partial charge in [0.25, 0.3) is 0 Å². The summed E-state index contributed by atoms with van der Waals surface area (Å²) in [5, 5.41) is 3.41. The molecule has 0 aromatic heterocycles. The van der Waals surface area contributed by atoms with Crippen molar-refractivity contribution in [3.05, 3.63) is 0 Å². The average molecular weight is 240 g/mol. The Labute approximate surface area is 104 Å². The van der Waals surface area contributed by atoms with Gasteiger partial charge in [-0.2, -0.15) is 0 Å². The Morgan fingerprint density at radius 3 is 2.47 bits per heavy atom. The summed E-state index contributed by atoms with van der Waals surface area (Å²) >= 11 is 0. The van der Waals surface area contributed by atoms with Gasteiger partial charge in [-0.05, 0) is 18.9 Å². The Bertz CT molecular complexity index is 289. The maximum atomic E-state index is 11.8. The maximum absolute atomic E-state index is 11.8. The molecular weight excluding hydrogens is 216 g/mol. The van der Waals surface area contributed by atoms with Crippen LogP contribution in [0.2, 0.25) is 0 Å². The van der Waals surface area contributed by atoms with Crippen LogP contribution in [0.5, 0.6) is 0 Å². The van der Waals surface area contributed by atoms with Crippen molar-refractivity contribution in [2.45, 2.75) is 46.6 Å². The number of rotatable bonds is 6. The van der Waals surface area contributed by atoms with Crippen LogP contribution in [0, 0.1) is 11.8 Å². The van der Waals surface area contributed by atoms with E-state index in [1.807, 2.05) is 6.92 Å². The fourth-order valence-electron chi connectivity index (χ4n) is 2.08. The zero-order valence-electron chi connectivity index (χ0n) is 11.3. The summed E-state index contributed by atoms with van der Waals surface area (Å²) in [5.41, 5.74) is 0. The number of hydrogen-bond acceptors (Lipinski definition) is 3. The first-order valence-corrected chi connectivity index (χ1v) is 6.55. The SMILES string of the molecule is CCCNC(CN1C(=O)CC(C)C1=O)C(C)C. The second-order valence-corrected chi connectivity index (χ2v) is 5.25. The van der Waals surface area contributed by atoms with Gasteiger partial charge in [-0.25, -0.2) is 0 Å². The summed E-state index contributed by atoms with van der Waals surface area (Å²) in [6.07, 6.45) is 1.43. The summed E-state index contributed by atoms with van der Waals surface area (Å²) < 4.78 is 0. The summed E-state index contributed by atoms with van der Waals surface area (Å²) in [4.78, 5) is 25.0. The van der Waals surface area contributed by atoms with Crippen molar-refractivity contribution < 1.29 is 9.59 Å². The smallest absolute Gasteiger partial charge is 0.232 e. The number of carbonyl (C=O) groups excluding carboxylic acids is 2. The van der Waals surface area contributed by atoms with Crippen molar-refractivity contribution in [3.8, 4) is 0 Å². The molecule has 1 N–H and O–H groups in total. The van der Waals surface area contributed by atoms with Crippen LogP contribution in [0.25, 0.3) is 0 Å². The van der Waals surface area contributed by atoms with E-state index < -0.39 is 0 Å². The molecule has 0 spiro atoms. The predicted octanol–water partition coefficient (Wildman–Crippen LogP) is 1.41. The van der Waals surface area contributed by atoms with Gasteiger partial charge in [0.2, 0.25) is 11.8 Å². The summed E-state index contributed by atoms with van der Waals surface area (Å²) in [6, 6.07) is 0.202. The van der Waals surface area contributed by atoms with Gasteiger partial charge in [0.15, 0.2) is 0 Å². The second-order valence-electron chi connectivity index (χ2n) is 5.25. The molecule has 17 heavy (non-hydrogen) atoms. The van der Waals surface area contributed by atoms with Crippen molar-refractivity contribution in [1.82, 2.24) is 10.2 Å². The minimum Gasteiger partial charge on any atom is -0.312 e. The molecular formula is C13H24N2O2. The number of hydrogen-bond donors (Lipinski definition) is 1. The molecule has 0 aliphatic carbocycles. The van der Waals surface area contributed by atoms with Crippen molar-refractivity contribution in [2.24, 2.45) is 11.8 Å². The Balaban J connectivity index is 2.60. The largest absolute Gasteiger partial charge is 0.312 e. The summed E-state index contributed by atoms with van der Waals surface area (Å²) in [6.45, 7) is 9.60. The van der Waals surface area contributed by atoms with Crippen molar-refractivity contribution in [2.75, 3.05) is 13.1 Å². The van der Waals surface area contributed by atoms with Crippen LogP contribution < -0.4 is 5.32 Å². The van der Waals surface area contributed by atoms with E-state index in [1.165, 1.54) is 4.90 Å². The van der Waals surface area contributed by atoms with E-state index in [0.717, 1.165) is 13.0 Å². The first-order chi connectivity index (χ1) is 7.97. The molecule has 0 aromatic carbocycles. The Morgan fingerprint density at radius 2 is 2.06 bits per heavy atom. The first kappa shape index (κ1) is 14.2. The molecule has 1 aliphatic rings. The Kier molecular flexibility index (Phi) is 5.12. The van der Waals surface area contributed by atoms with Crippen LogP contribution in [-0.2, 0) is 9.59 Å². The third-order valence-electron chi connectivity index (χ3n) is 3.31. The highest BCUT2D eigenvalue weighted by molar-refractivity contribution is 6.03. The van der Waals surface area contributed by atoms with Gasteiger partial charge < -0.3 is 5.32 Å². The lowest BCUT2D eigenvalue weighted by Gasteiger charge is -2.26. The predicted molar refractivity (Wildman–Crippen MR) is 67.4 cm³/mol. The van der Waals surface area contributed by atoms with Crippen LogP contribution in [0.4, 0.5) is 0 Å². The number of nitrogens with zero attached hydrogens (tertiary/aromatic N) is 1. The fraction of sp³-hybridized carbons (Fsp3) is 0.846. The average Bonchev–Trinajstić information content (AvgIpc) is 2.49. The molecule has 0 bridgehead atoms. The number of amides is 2. The van der Waals surface area contributed by atoms with Crippen molar-refractivity contribution in [3.63, 3.8) is 0 Å². The lowest BCUT2D eigenvalue weighted by Crippen LogP contribution is -2.46. The van der Waals surface area contributed by atoms with E-state index in [-0.39, 0.29) is 23.8 Å². The number of nitrogens with one attached hydrogen (secondary N) is 1. The highest BCUT2D eigenvalue weighted by atomic mass is 16.2. The molecule has 0 radical (unpaired) electrons. The van der Waals surface area contributed by atoms with E-state index in [1.54, 1.807) is 0 Å². The summed E-state index contributed by atoms with van der Waals surface area (Å²) in [5.74, 6) is 0.241. The van der Waals surface area contributed by atoms with Gasteiger partial charge in [0.1, 0.15) is 0 Å². The standard InChI is InChI=1S/C13H24N2O2/c1-5-6-14-11(9(2)3)8-15-12(16)7-10(4)13(15)17/h9-11,14H,5-8H2,1-4H3. The van der Waals surface area contributed by atoms with Gasteiger partial charge >= 0.3 is 0 Å². The van der Waals surface area contributed by atoms with Crippen molar-refractivity contribution in [1.29, 1.82) is 0 Å². The van der Waals surface area contributed by atoms with E-state index in [9.17, 15) is 9.59 Å². The third-order valence-corrected chi connectivity index (χ3v) is 3.31. The quantitative estimate of drug-likeness (QED) is 0.714. The van der Waals surface area contributed by atoms with Gasteiger partial charge in [0, 0.05) is 24.9 Å². The highest BCUT2D eigenvalue weighted by Crippen LogP contribution is 2.20. The van der Waals surface area contributed by atoms with Crippen molar-refractivity contribution >= 4 is 11.8 Å². The van der Waals surface area contributed by atoms with E-state index in [0.29, 0.717) is 18.9 Å². The molecule has 4 nitrogen and oxygen atoms in total. The van der Waals surface area contributed by atoms with Gasteiger partial charge in [-0.3, -0.25) is 14.5 Å². The van der Waals surface area contributed by atoms with Crippen LogP contribution in [0.15, 0.2) is 0 Å². The molecule has 2 unspecified atom stereocenters. The van der Waals surface area contributed by atoms with Gasteiger partial charge in [0.05, 0.1) is 0 Å². The molecule has 98 valence electrons. The van der Waals surface area contributed by atoms with Crippen LogP contribution in [0.3, 0.4) is 0 Å². The molecule has 0 aromatic rings. The van der Waals surface area contributed by atoms with Gasteiger partial charge in [-0.1, -0.05) is 27.7 Å². The number of carbonyl (C=O) groups is 2. The lowest BCUT2D eigenvalue weighted by molar-refractivity contribution is -0.139. The van der Waals surface area contributed by atoms with E-state index in [4.69, 9.17) is 0 Å². The normalized spacial score (nSPS) is 22.6. The lowest BCUT2D eigenvalue weighted by atomic mass is 10.0. The number of imide groups is 1. The minimum absolute atomic E-state index is 0.0149. The Hall–Kier alpha value is -0.900. The van der Waals surface area contributed by atoms with E-state index in [2.05, 4.69) is 26.1 Å². The van der Waals surface area contributed by atoms with E-state index >= 15 is 0 Å². The molecule has 0 saturated carbocycles. The second kappa shape index (κ2) is 6.15. The van der Waals surface area contributed by atoms with Crippen LogP contribution in [0.1, 0.15) is 40.5 Å². The molecule has 2 atom stereocenters. The number of likely N-dealkylation sites (tertiary alicyclic amines) is 1.